The van der Waals surface area contributed by atoms with Crippen LogP contribution in [0.2, 0.25) is 0 Å². The van der Waals surface area contributed by atoms with Gasteiger partial charge in [-0.25, -0.2) is 9.37 Å². The van der Waals surface area contributed by atoms with Crippen molar-refractivity contribution in [3.63, 3.8) is 0 Å². The van der Waals surface area contributed by atoms with E-state index in [1.54, 1.807) is 18.3 Å². The van der Waals surface area contributed by atoms with Crippen LogP contribution < -0.4 is 11.1 Å². The molecule has 4 rings (SSSR count). The molecule has 0 fully saturated rings. The first kappa shape index (κ1) is 23.1. The third-order valence-electron chi connectivity index (χ3n) is 5.59. The Morgan fingerprint density at radius 1 is 0.882 bits per heavy atom. The molecule has 0 atom stereocenters. The fourth-order valence-corrected chi connectivity index (χ4v) is 3.73. The Balaban J connectivity index is 1.62. The number of halogens is 1. The van der Waals surface area contributed by atoms with Gasteiger partial charge in [0, 0.05) is 41.5 Å². The van der Waals surface area contributed by atoms with Gasteiger partial charge in [-0.3, -0.25) is 4.79 Å². The third kappa shape index (κ3) is 5.30. The zero-order chi connectivity index (χ0) is 24.1. The van der Waals surface area contributed by atoms with Crippen molar-refractivity contribution in [2.45, 2.75) is 0 Å². The molecule has 0 aliphatic rings. The van der Waals surface area contributed by atoms with Crippen molar-refractivity contribution in [2.75, 3.05) is 32.9 Å². The number of hydrogen-bond donors (Lipinski definition) is 2. The molecule has 3 aromatic carbocycles. The van der Waals surface area contributed by atoms with Crippen LogP contribution in [-0.2, 0) is 0 Å². The number of nitrogens with one attached hydrogen (secondary N) is 1. The molecule has 1 aromatic heterocycles. The van der Waals surface area contributed by atoms with Crippen molar-refractivity contribution >= 4 is 11.7 Å². The van der Waals surface area contributed by atoms with Crippen molar-refractivity contribution < 1.29 is 9.18 Å². The van der Waals surface area contributed by atoms with Crippen molar-refractivity contribution in [3.05, 3.63) is 96.4 Å². The fourth-order valence-electron chi connectivity index (χ4n) is 3.73. The van der Waals surface area contributed by atoms with Gasteiger partial charge < -0.3 is 16.0 Å². The lowest BCUT2D eigenvalue weighted by Gasteiger charge is -2.12. The van der Waals surface area contributed by atoms with Crippen molar-refractivity contribution in [2.24, 2.45) is 0 Å². The van der Waals surface area contributed by atoms with Crippen LogP contribution in [0.5, 0.6) is 0 Å². The number of aromatic nitrogens is 1. The standard InChI is InChI=1S/C28H27FN4O/c1-33(2)14-13-31-28(34)22-10-6-9-20(15-22)23-16-25(27(30)32-18-23)21-11-12-24(26(29)17-21)19-7-4-3-5-8-19/h3-12,15-18H,13-14H2,1-2H3,(H2,30,32)(H,31,34). The number of likely N-dealkylation sites (N-methyl/N-ethyl adjacent to an activating group) is 1. The fraction of sp³-hybridized carbons (Fsp3) is 0.143. The van der Waals surface area contributed by atoms with Crippen LogP contribution >= 0.6 is 0 Å². The first-order valence-corrected chi connectivity index (χ1v) is 11.1. The predicted molar refractivity (Wildman–Crippen MR) is 136 cm³/mol. The minimum absolute atomic E-state index is 0.133. The summed E-state index contributed by atoms with van der Waals surface area (Å²) in [7, 11) is 3.92. The highest BCUT2D eigenvalue weighted by atomic mass is 19.1. The summed E-state index contributed by atoms with van der Waals surface area (Å²) < 4.78 is 15.0. The molecular weight excluding hydrogens is 427 g/mol. The van der Waals surface area contributed by atoms with Gasteiger partial charge in [-0.1, -0.05) is 54.6 Å². The van der Waals surface area contributed by atoms with Gasteiger partial charge in [0.2, 0.25) is 0 Å². The summed E-state index contributed by atoms with van der Waals surface area (Å²) in [4.78, 5) is 18.9. The highest BCUT2D eigenvalue weighted by Gasteiger charge is 2.13. The SMILES string of the molecule is CN(C)CCNC(=O)c1cccc(-c2cnc(N)c(-c3ccc(-c4ccccc4)c(F)c3)c2)c1. The topological polar surface area (TPSA) is 71.2 Å². The Morgan fingerprint density at radius 3 is 2.38 bits per heavy atom. The molecule has 34 heavy (non-hydrogen) atoms. The van der Waals surface area contributed by atoms with Crippen molar-refractivity contribution in [1.82, 2.24) is 15.2 Å². The van der Waals surface area contributed by atoms with E-state index in [4.69, 9.17) is 5.73 Å². The van der Waals surface area contributed by atoms with E-state index >= 15 is 0 Å². The quantitative estimate of drug-likeness (QED) is 0.408. The molecule has 1 heterocycles. The van der Waals surface area contributed by atoms with Gasteiger partial charge in [-0.2, -0.15) is 0 Å². The predicted octanol–water partition coefficient (Wildman–Crippen LogP) is 5.10. The molecule has 1 amide bonds. The first-order valence-electron chi connectivity index (χ1n) is 11.1. The molecule has 6 heteroatoms. The van der Waals surface area contributed by atoms with Crippen LogP contribution in [0.15, 0.2) is 85.1 Å². The van der Waals surface area contributed by atoms with Gasteiger partial charge in [0.15, 0.2) is 0 Å². The normalized spacial score (nSPS) is 10.9. The summed E-state index contributed by atoms with van der Waals surface area (Å²) >= 11 is 0. The van der Waals surface area contributed by atoms with E-state index in [0.717, 1.165) is 23.2 Å². The van der Waals surface area contributed by atoms with E-state index in [1.165, 1.54) is 6.07 Å². The number of hydrogen-bond acceptors (Lipinski definition) is 4. The monoisotopic (exact) mass is 454 g/mol. The van der Waals surface area contributed by atoms with E-state index < -0.39 is 0 Å². The highest BCUT2D eigenvalue weighted by Crippen LogP contribution is 2.33. The molecule has 4 aromatic rings. The number of pyridine rings is 1. The van der Waals surface area contributed by atoms with Gasteiger partial charge in [-0.05, 0) is 55.1 Å². The van der Waals surface area contributed by atoms with Crippen LogP contribution in [-0.4, -0.2) is 43.0 Å². The number of anilines is 1. The Labute approximate surface area is 199 Å². The van der Waals surface area contributed by atoms with Crippen LogP contribution in [0.4, 0.5) is 10.2 Å². The number of carbonyl (C=O) groups excluding carboxylic acids is 1. The van der Waals surface area contributed by atoms with Crippen LogP contribution in [0.1, 0.15) is 10.4 Å². The minimum atomic E-state index is -0.329. The summed E-state index contributed by atoms with van der Waals surface area (Å²) in [5.74, 6) is -0.149. The maximum atomic E-state index is 15.0. The molecule has 0 saturated carbocycles. The molecular formula is C28H27FN4O. The second kappa shape index (κ2) is 10.3. The van der Waals surface area contributed by atoms with Crippen LogP contribution in [0.3, 0.4) is 0 Å². The summed E-state index contributed by atoms with van der Waals surface area (Å²) in [6.45, 7) is 1.32. The number of nitrogens with zero attached hydrogens (tertiary/aromatic N) is 2. The zero-order valence-electron chi connectivity index (χ0n) is 19.3. The number of rotatable bonds is 7. The smallest absolute Gasteiger partial charge is 0.251 e. The van der Waals surface area contributed by atoms with E-state index in [1.807, 2.05) is 79.7 Å². The molecule has 0 bridgehead atoms. The minimum Gasteiger partial charge on any atom is -0.383 e. The Bertz CT molecular complexity index is 1310. The molecule has 172 valence electrons. The van der Waals surface area contributed by atoms with E-state index in [0.29, 0.717) is 34.6 Å². The Kier molecular flexibility index (Phi) is 6.99. The second-order valence-corrected chi connectivity index (χ2v) is 8.36. The molecule has 0 spiro atoms. The number of benzene rings is 3. The number of carbonyl (C=O) groups is 1. The summed E-state index contributed by atoms with van der Waals surface area (Å²) in [6, 6.07) is 23.7. The first-order chi connectivity index (χ1) is 16.4. The average Bonchev–Trinajstić information content (AvgIpc) is 2.84. The van der Waals surface area contributed by atoms with E-state index in [2.05, 4.69) is 10.3 Å². The van der Waals surface area contributed by atoms with E-state index in [-0.39, 0.29) is 11.7 Å². The van der Waals surface area contributed by atoms with Gasteiger partial charge in [0.25, 0.3) is 5.91 Å². The lowest BCUT2D eigenvalue weighted by molar-refractivity contribution is 0.0951. The van der Waals surface area contributed by atoms with Gasteiger partial charge >= 0.3 is 0 Å². The molecule has 5 nitrogen and oxygen atoms in total. The Hall–Kier alpha value is -4.03. The second-order valence-electron chi connectivity index (χ2n) is 8.36. The van der Waals surface area contributed by atoms with Gasteiger partial charge in [0.05, 0.1) is 0 Å². The highest BCUT2D eigenvalue weighted by molar-refractivity contribution is 5.95. The molecule has 0 saturated heterocycles. The molecule has 3 N–H and O–H groups in total. The molecule has 0 aliphatic carbocycles. The zero-order valence-corrected chi connectivity index (χ0v) is 19.3. The molecule has 0 radical (unpaired) electrons. The molecule has 0 unspecified atom stereocenters. The van der Waals surface area contributed by atoms with Crippen LogP contribution in [0, 0.1) is 5.82 Å². The van der Waals surface area contributed by atoms with Gasteiger partial charge in [0.1, 0.15) is 11.6 Å². The maximum Gasteiger partial charge on any atom is 0.251 e. The van der Waals surface area contributed by atoms with E-state index in [9.17, 15) is 9.18 Å². The molecule has 0 aliphatic heterocycles. The van der Waals surface area contributed by atoms with Crippen molar-refractivity contribution in [3.8, 4) is 33.4 Å². The lowest BCUT2D eigenvalue weighted by Crippen LogP contribution is -2.31. The van der Waals surface area contributed by atoms with Crippen LogP contribution in [0.25, 0.3) is 33.4 Å². The number of nitrogens with two attached hydrogens (primary N) is 1. The number of nitrogen functional groups attached to an aromatic ring is 1. The third-order valence-corrected chi connectivity index (χ3v) is 5.59. The summed E-state index contributed by atoms with van der Waals surface area (Å²) in [6.07, 6.45) is 1.66. The summed E-state index contributed by atoms with van der Waals surface area (Å²) in [5, 5.41) is 2.92. The maximum absolute atomic E-state index is 15.0. The summed E-state index contributed by atoms with van der Waals surface area (Å²) in [5.41, 5.74) is 11.0. The van der Waals surface area contributed by atoms with Gasteiger partial charge in [-0.15, -0.1) is 0 Å². The van der Waals surface area contributed by atoms with Crippen molar-refractivity contribution in [1.29, 1.82) is 0 Å². The average molecular weight is 455 g/mol. The number of amides is 1. The lowest BCUT2D eigenvalue weighted by atomic mass is 9.97. The largest absolute Gasteiger partial charge is 0.383 e. The Morgan fingerprint density at radius 2 is 1.65 bits per heavy atom.